The van der Waals surface area contributed by atoms with Gasteiger partial charge in [0.25, 0.3) is 0 Å². The molecule has 1 aromatic heterocycles. The van der Waals surface area contributed by atoms with Crippen molar-refractivity contribution in [3.63, 3.8) is 0 Å². The van der Waals surface area contributed by atoms with Gasteiger partial charge in [-0.3, -0.25) is 9.59 Å². The van der Waals surface area contributed by atoms with Gasteiger partial charge in [-0.15, -0.1) is 0 Å². The van der Waals surface area contributed by atoms with Crippen LogP contribution in [0.1, 0.15) is 62.0 Å². The third-order valence-electron chi connectivity index (χ3n) is 5.87. The van der Waals surface area contributed by atoms with Crippen LogP contribution in [0.3, 0.4) is 0 Å². The van der Waals surface area contributed by atoms with Crippen molar-refractivity contribution < 1.29 is 9.59 Å². The Labute approximate surface area is 173 Å². The Balaban J connectivity index is 1.65. The van der Waals surface area contributed by atoms with Crippen molar-refractivity contribution in [3.8, 4) is 0 Å². The van der Waals surface area contributed by atoms with Crippen LogP contribution in [0, 0.1) is 13.8 Å². The summed E-state index contributed by atoms with van der Waals surface area (Å²) in [5.41, 5.74) is 5.09. The molecule has 0 spiro atoms. The van der Waals surface area contributed by atoms with Crippen molar-refractivity contribution in [3.05, 3.63) is 53.4 Å². The molecule has 3 rings (SSSR count). The van der Waals surface area contributed by atoms with Crippen LogP contribution >= 0.6 is 0 Å². The zero-order chi connectivity index (χ0) is 21.0. The Kier molecular flexibility index (Phi) is 6.57. The van der Waals surface area contributed by atoms with Gasteiger partial charge in [0, 0.05) is 48.9 Å². The van der Waals surface area contributed by atoms with E-state index in [4.69, 9.17) is 0 Å². The molecule has 29 heavy (non-hydrogen) atoms. The molecule has 0 atom stereocenters. The first-order valence-electron chi connectivity index (χ1n) is 10.4. The summed E-state index contributed by atoms with van der Waals surface area (Å²) in [6, 6.07) is 9.99. The number of carbonyl (C=O) groups excluding carboxylic acids is 2. The number of rotatable bonds is 5. The van der Waals surface area contributed by atoms with Gasteiger partial charge in [-0.2, -0.15) is 0 Å². The number of hydrogen-bond acceptors (Lipinski definition) is 2. The molecule has 1 aliphatic rings. The molecule has 0 aliphatic heterocycles. The SMILES string of the molecule is CC(=O)N(C)c1ccc(NC(=O)/C=C/c2cc(C)n(C3CCCCC3)c2C)cc1. The topological polar surface area (TPSA) is 54.3 Å². The molecule has 2 aromatic rings. The minimum atomic E-state index is -0.167. The number of aromatic nitrogens is 1. The van der Waals surface area contributed by atoms with Crippen molar-refractivity contribution in [2.24, 2.45) is 0 Å². The number of benzene rings is 1. The van der Waals surface area contributed by atoms with Crippen molar-refractivity contribution in [1.29, 1.82) is 0 Å². The Morgan fingerprint density at radius 1 is 1.10 bits per heavy atom. The second kappa shape index (κ2) is 9.12. The van der Waals surface area contributed by atoms with Crippen molar-refractivity contribution in [2.75, 3.05) is 17.3 Å². The Hall–Kier alpha value is -2.82. The van der Waals surface area contributed by atoms with Crippen LogP contribution < -0.4 is 10.2 Å². The van der Waals surface area contributed by atoms with E-state index in [1.165, 1.54) is 50.4 Å². The Morgan fingerprint density at radius 2 is 1.76 bits per heavy atom. The molecule has 0 unspecified atom stereocenters. The summed E-state index contributed by atoms with van der Waals surface area (Å²) in [6.07, 6.45) is 9.92. The van der Waals surface area contributed by atoms with E-state index in [1.54, 1.807) is 30.2 Å². The zero-order valence-corrected chi connectivity index (χ0v) is 17.9. The first-order valence-corrected chi connectivity index (χ1v) is 10.4. The van der Waals surface area contributed by atoms with Crippen LogP contribution in [0.15, 0.2) is 36.4 Å². The standard InChI is InChI=1S/C24H31N3O2/c1-17-16-20(18(2)27(17)23-8-6-5-7-9-23)10-15-24(29)25-21-11-13-22(14-12-21)26(4)19(3)28/h10-16,23H,5-9H2,1-4H3,(H,25,29)/b15-10+. The van der Waals surface area contributed by atoms with Crippen LogP contribution in [0.5, 0.6) is 0 Å². The molecule has 1 aliphatic carbocycles. The lowest BCUT2D eigenvalue weighted by molar-refractivity contribution is -0.116. The summed E-state index contributed by atoms with van der Waals surface area (Å²) in [5.74, 6) is -0.198. The number of nitrogens with zero attached hydrogens (tertiary/aromatic N) is 2. The van der Waals surface area contributed by atoms with Crippen molar-refractivity contribution in [2.45, 2.75) is 58.9 Å². The summed E-state index contributed by atoms with van der Waals surface area (Å²) < 4.78 is 2.45. The predicted molar refractivity (Wildman–Crippen MR) is 119 cm³/mol. The van der Waals surface area contributed by atoms with Crippen molar-refractivity contribution >= 4 is 29.3 Å². The third-order valence-corrected chi connectivity index (χ3v) is 5.87. The monoisotopic (exact) mass is 393 g/mol. The van der Waals surface area contributed by atoms with E-state index in [2.05, 4.69) is 29.8 Å². The highest BCUT2D eigenvalue weighted by atomic mass is 16.2. The van der Waals surface area contributed by atoms with E-state index < -0.39 is 0 Å². The van der Waals surface area contributed by atoms with Crippen LogP contribution in [0.2, 0.25) is 0 Å². The number of carbonyl (C=O) groups is 2. The van der Waals surface area contributed by atoms with Crippen molar-refractivity contribution in [1.82, 2.24) is 4.57 Å². The lowest BCUT2D eigenvalue weighted by atomic mass is 9.95. The molecule has 0 bridgehead atoms. The van der Waals surface area contributed by atoms with Crippen LogP contribution in [0.4, 0.5) is 11.4 Å². The quantitative estimate of drug-likeness (QED) is 0.706. The van der Waals surface area contributed by atoms with Gasteiger partial charge in [0.1, 0.15) is 0 Å². The summed E-state index contributed by atoms with van der Waals surface area (Å²) in [4.78, 5) is 25.3. The number of amides is 2. The highest BCUT2D eigenvalue weighted by molar-refractivity contribution is 6.02. The molecule has 2 amide bonds. The minimum absolute atomic E-state index is 0.0319. The van der Waals surface area contributed by atoms with Gasteiger partial charge in [0.05, 0.1) is 0 Å². The van der Waals surface area contributed by atoms with Gasteiger partial charge in [-0.05, 0) is 68.7 Å². The first kappa shape index (κ1) is 20.9. The zero-order valence-electron chi connectivity index (χ0n) is 17.9. The lowest BCUT2D eigenvalue weighted by Gasteiger charge is -2.26. The van der Waals surface area contributed by atoms with Crippen LogP contribution in [-0.2, 0) is 9.59 Å². The summed E-state index contributed by atoms with van der Waals surface area (Å²) >= 11 is 0. The maximum Gasteiger partial charge on any atom is 0.248 e. The Bertz CT molecular complexity index is 903. The fraction of sp³-hybridized carbons (Fsp3) is 0.417. The van der Waals surface area contributed by atoms with E-state index in [-0.39, 0.29) is 11.8 Å². The van der Waals surface area contributed by atoms with E-state index in [0.717, 1.165) is 11.3 Å². The van der Waals surface area contributed by atoms with Gasteiger partial charge >= 0.3 is 0 Å². The first-order chi connectivity index (χ1) is 13.9. The number of nitrogens with one attached hydrogen (secondary N) is 1. The second-order valence-electron chi connectivity index (χ2n) is 7.94. The average Bonchev–Trinajstić information content (AvgIpc) is 3.00. The highest BCUT2D eigenvalue weighted by Crippen LogP contribution is 2.32. The van der Waals surface area contributed by atoms with Gasteiger partial charge < -0.3 is 14.8 Å². The Morgan fingerprint density at radius 3 is 2.38 bits per heavy atom. The maximum absolute atomic E-state index is 12.3. The molecular weight excluding hydrogens is 362 g/mol. The molecule has 1 aromatic carbocycles. The van der Waals surface area contributed by atoms with E-state index in [9.17, 15) is 9.59 Å². The predicted octanol–water partition coefficient (Wildman–Crippen LogP) is 5.24. The molecule has 5 nitrogen and oxygen atoms in total. The smallest absolute Gasteiger partial charge is 0.248 e. The minimum Gasteiger partial charge on any atom is -0.346 e. The molecule has 1 fully saturated rings. The van der Waals surface area contributed by atoms with Crippen LogP contribution in [0.25, 0.3) is 6.08 Å². The largest absolute Gasteiger partial charge is 0.346 e. The van der Waals surface area contributed by atoms with Gasteiger partial charge in [-0.1, -0.05) is 19.3 Å². The highest BCUT2D eigenvalue weighted by Gasteiger charge is 2.19. The second-order valence-corrected chi connectivity index (χ2v) is 7.94. The normalized spacial score (nSPS) is 14.9. The van der Waals surface area contributed by atoms with E-state index >= 15 is 0 Å². The van der Waals surface area contributed by atoms with Gasteiger partial charge in [-0.25, -0.2) is 0 Å². The maximum atomic E-state index is 12.3. The molecule has 1 N–H and O–H groups in total. The average molecular weight is 394 g/mol. The lowest BCUT2D eigenvalue weighted by Crippen LogP contribution is -2.22. The number of hydrogen-bond donors (Lipinski definition) is 1. The van der Waals surface area contributed by atoms with E-state index in [0.29, 0.717) is 11.7 Å². The number of anilines is 2. The molecule has 5 heteroatoms. The fourth-order valence-corrected chi connectivity index (χ4v) is 4.17. The fourth-order valence-electron chi connectivity index (χ4n) is 4.17. The molecular formula is C24H31N3O2. The van der Waals surface area contributed by atoms with E-state index in [1.807, 2.05) is 18.2 Å². The molecule has 1 saturated carbocycles. The molecule has 1 heterocycles. The summed E-state index contributed by atoms with van der Waals surface area (Å²) in [7, 11) is 1.72. The molecule has 0 saturated heterocycles. The van der Waals surface area contributed by atoms with Crippen LogP contribution in [-0.4, -0.2) is 23.4 Å². The molecule has 0 radical (unpaired) electrons. The summed E-state index contributed by atoms with van der Waals surface area (Å²) in [6.45, 7) is 5.81. The third kappa shape index (κ3) is 4.97. The molecule has 154 valence electrons. The summed E-state index contributed by atoms with van der Waals surface area (Å²) in [5, 5.41) is 2.88. The van der Waals surface area contributed by atoms with Gasteiger partial charge in [0.15, 0.2) is 0 Å². The van der Waals surface area contributed by atoms with Gasteiger partial charge in [0.2, 0.25) is 11.8 Å². The number of aryl methyl sites for hydroxylation is 1.